The van der Waals surface area contributed by atoms with Crippen LogP contribution in [-0.2, 0) is 9.09 Å². The molecule has 0 radical (unpaired) electrons. The zero-order valence-corrected chi connectivity index (χ0v) is 19.3. The summed E-state index contributed by atoms with van der Waals surface area (Å²) in [7, 11) is -3.23. The predicted molar refractivity (Wildman–Crippen MR) is 123 cm³/mol. The van der Waals surface area contributed by atoms with E-state index >= 15 is 0 Å². The van der Waals surface area contributed by atoms with Crippen LogP contribution in [0.2, 0.25) is 0 Å². The Balaban J connectivity index is 1.91. The molecule has 2 aromatic carbocycles. The summed E-state index contributed by atoms with van der Waals surface area (Å²) in [6.45, 7) is 6.76. The van der Waals surface area contributed by atoms with Crippen LogP contribution in [0, 0.1) is 21.3 Å². The Kier molecular flexibility index (Phi) is 7.04. The van der Waals surface area contributed by atoms with E-state index in [9.17, 15) is 4.57 Å². The summed E-state index contributed by atoms with van der Waals surface area (Å²) in [5.41, 5.74) is 0.826. The van der Waals surface area contributed by atoms with E-state index in [0.717, 1.165) is 27.4 Å². The Morgan fingerprint density at radius 1 is 1.07 bits per heavy atom. The molecule has 5 heteroatoms. The standard InChI is InChI=1S/C22H29INO2P/c1-16(2)21-14-9-17(3)15-22(21)26-27(25,20-7-5-4-6-8-20)24-19-12-10-18(23)11-13-19/h4-8,10-13,16-17,21-22H,9,14-15H2,1-3H3,(H,24,25). The summed E-state index contributed by atoms with van der Waals surface area (Å²) in [5.74, 6) is 1.56. The molecule has 1 fully saturated rings. The van der Waals surface area contributed by atoms with Crippen LogP contribution in [0.1, 0.15) is 40.0 Å². The van der Waals surface area contributed by atoms with Crippen LogP contribution in [0.3, 0.4) is 0 Å². The fourth-order valence-electron chi connectivity index (χ4n) is 3.90. The van der Waals surface area contributed by atoms with Crippen molar-refractivity contribution in [3.8, 4) is 0 Å². The largest absolute Gasteiger partial charge is 0.324 e. The first kappa shape index (κ1) is 20.9. The normalized spacial score (nSPS) is 25.1. The van der Waals surface area contributed by atoms with Gasteiger partial charge in [0.25, 0.3) is 0 Å². The molecule has 1 N–H and O–H groups in total. The molecule has 0 amide bonds. The molecular weight excluding hydrogens is 468 g/mol. The average Bonchev–Trinajstić information content (AvgIpc) is 2.64. The number of hydrogen-bond acceptors (Lipinski definition) is 2. The van der Waals surface area contributed by atoms with Crippen molar-refractivity contribution in [3.05, 3.63) is 58.2 Å². The van der Waals surface area contributed by atoms with Crippen LogP contribution >= 0.6 is 30.1 Å². The molecule has 2 aromatic rings. The van der Waals surface area contributed by atoms with Gasteiger partial charge in [0, 0.05) is 9.26 Å². The summed E-state index contributed by atoms with van der Waals surface area (Å²) >= 11 is 2.27. The summed E-state index contributed by atoms with van der Waals surface area (Å²) in [6, 6.07) is 17.5. The highest BCUT2D eigenvalue weighted by molar-refractivity contribution is 14.1. The highest BCUT2D eigenvalue weighted by atomic mass is 127. The van der Waals surface area contributed by atoms with Gasteiger partial charge >= 0.3 is 7.52 Å². The van der Waals surface area contributed by atoms with E-state index < -0.39 is 7.52 Å². The molecule has 3 nitrogen and oxygen atoms in total. The van der Waals surface area contributed by atoms with Crippen molar-refractivity contribution < 1.29 is 9.09 Å². The maximum Gasteiger partial charge on any atom is 0.324 e. The number of rotatable bonds is 6. The summed E-state index contributed by atoms with van der Waals surface area (Å²) < 4.78 is 21.7. The fraction of sp³-hybridized carbons (Fsp3) is 0.455. The zero-order chi connectivity index (χ0) is 19.4. The number of benzene rings is 2. The monoisotopic (exact) mass is 497 g/mol. The third-order valence-corrected chi connectivity index (χ3v) is 8.28. The Hall–Kier alpha value is -0.840. The molecule has 27 heavy (non-hydrogen) atoms. The molecule has 0 spiro atoms. The minimum Gasteiger partial charge on any atom is -0.312 e. The van der Waals surface area contributed by atoms with Gasteiger partial charge in [0.2, 0.25) is 0 Å². The van der Waals surface area contributed by atoms with Crippen molar-refractivity contribution in [3.63, 3.8) is 0 Å². The van der Waals surface area contributed by atoms with Crippen LogP contribution < -0.4 is 10.4 Å². The molecule has 1 aliphatic rings. The van der Waals surface area contributed by atoms with E-state index in [1.54, 1.807) is 0 Å². The maximum atomic E-state index is 14.1. The smallest absolute Gasteiger partial charge is 0.312 e. The third kappa shape index (κ3) is 5.36. The highest BCUT2D eigenvalue weighted by Crippen LogP contribution is 2.51. The lowest BCUT2D eigenvalue weighted by atomic mass is 9.75. The Labute approximate surface area is 176 Å². The first-order valence-corrected chi connectivity index (χ1v) is 12.5. The van der Waals surface area contributed by atoms with Gasteiger partial charge in [0.1, 0.15) is 0 Å². The van der Waals surface area contributed by atoms with E-state index in [4.69, 9.17) is 4.52 Å². The summed E-state index contributed by atoms with van der Waals surface area (Å²) in [5, 5.41) is 3.98. The summed E-state index contributed by atoms with van der Waals surface area (Å²) in [6.07, 6.45) is 3.34. The van der Waals surface area contributed by atoms with Crippen LogP contribution in [0.25, 0.3) is 0 Å². The molecule has 1 saturated carbocycles. The number of hydrogen-bond donors (Lipinski definition) is 1. The second-order valence-electron chi connectivity index (χ2n) is 7.98. The second-order valence-corrected chi connectivity index (χ2v) is 11.3. The SMILES string of the molecule is CC1CCC(C(C)C)C(OP(=O)(Nc2ccc(I)cc2)c2ccccc2)C1. The van der Waals surface area contributed by atoms with Crippen molar-refractivity contribution in [2.24, 2.45) is 17.8 Å². The molecule has 1 aliphatic carbocycles. The molecular formula is C22H29INO2P. The van der Waals surface area contributed by atoms with Crippen molar-refractivity contribution >= 4 is 41.1 Å². The van der Waals surface area contributed by atoms with Gasteiger partial charge in [-0.1, -0.05) is 45.4 Å². The summed E-state index contributed by atoms with van der Waals surface area (Å²) in [4.78, 5) is 0. The van der Waals surface area contributed by atoms with Crippen molar-refractivity contribution in [1.82, 2.24) is 0 Å². The van der Waals surface area contributed by atoms with E-state index in [1.807, 2.05) is 54.6 Å². The highest BCUT2D eigenvalue weighted by Gasteiger charge is 2.38. The lowest BCUT2D eigenvalue weighted by Crippen LogP contribution is -2.35. The molecule has 0 aromatic heterocycles. The molecule has 4 unspecified atom stereocenters. The topological polar surface area (TPSA) is 38.3 Å². The van der Waals surface area contributed by atoms with E-state index in [0.29, 0.717) is 17.8 Å². The average molecular weight is 497 g/mol. The Morgan fingerprint density at radius 2 is 1.74 bits per heavy atom. The first-order valence-electron chi connectivity index (χ1n) is 9.75. The minimum absolute atomic E-state index is 0.0103. The van der Waals surface area contributed by atoms with Gasteiger partial charge in [-0.05, 0) is 89.6 Å². The lowest BCUT2D eigenvalue weighted by molar-refractivity contribution is 0.0506. The van der Waals surface area contributed by atoms with Gasteiger partial charge in [0.15, 0.2) is 0 Å². The van der Waals surface area contributed by atoms with Crippen molar-refractivity contribution in [2.75, 3.05) is 5.09 Å². The molecule has 0 bridgehead atoms. The number of halogens is 1. The van der Waals surface area contributed by atoms with E-state index in [1.165, 1.54) is 6.42 Å². The van der Waals surface area contributed by atoms with Crippen LogP contribution in [0.15, 0.2) is 54.6 Å². The van der Waals surface area contributed by atoms with Crippen LogP contribution in [0.5, 0.6) is 0 Å². The van der Waals surface area contributed by atoms with Gasteiger partial charge in [0.05, 0.1) is 11.4 Å². The molecule has 3 rings (SSSR count). The Morgan fingerprint density at radius 3 is 2.37 bits per heavy atom. The molecule has 0 aliphatic heterocycles. The number of nitrogens with one attached hydrogen (secondary N) is 1. The molecule has 0 heterocycles. The lowest BCUT2D eigenvalue weighted by Gasteiger charge is -2.39. The second kappa shape index (κ2) is 9.11. The third-order valence-electron chi connectivity index (χ3n) is 5.46. The van der Waals surface area contributed by atoms with Gasteiger partial charge in [-0.15, -0.1) is 0 Å². The minimum atomic E-state index is -3.23. The molecule has 0 saturated heterocycles. The molecule has 146 valence electrons. The quantitative estimate of drug-likeness (QED) is 0.357. The van der Waals surface area contributed by atoms with E-state index in [2.05, 4.69) is 48.4 Å². The number of anilines is 1. The van der Waals surface area contributed by atoms with Crippen LogP contribution in [-0.4, -0.2) is 6.10 Å². The maximum absolute atomic E-state index is 14.1. The fourth-order valence-corrected chi connectivity index (χ4v) is 6.24. The Bertz CT molecular complexity index is 779. The van der Waals surface area contributed by atoms with Gasteiger partial charge in [-0.2, -0.15) is 0 Å². The first-order chi connectivity index (χ1) is 12.9. The van der Waals surface area contributed by atoms with Crippen molar-refractivity contribution in [1.29, 1.82) is 0 Å². The van der Waals surface area contributed by atoms with E-state index in [-0.39, 0.29) is 6.10 Å². The molecule has 4 atom stereocenters. The van der Waals surface area contributed by atoms with Gasteiger partial charge < -0.3 is 9.61 Å². The predicted octanol–water partition coefficient (Wildman–Crippen LogP) is 6.70. The van der Waals surface area contributed by atoms with Crippen molar-refractivity contribution in [2.45, 2.75) is 46.1 Å². The van der Waals surface area contributed by atoms with Crippen LogP contribution in [0.4, 0.5) is 5.69 Å². The zero-order valence-electron chi connectivity index (χ0n) is 16.3. The van der Waals surface area contributed by atoms with Gasteiger partial charge in [-0.25, -0.2) is 0 Å². The van der Waals surface area contributed by atoms with Gasteiger partial charge in [-0.3, -0.25) is 4.57 Å².